The Morgan fingerprint density at radius 3 is 2.83 bits per heavy atom. The Morgan fingerprint density at radius 1 is 1.44 bits per heavy atom. The molecule has 1 aromatic carbocycles. The molecule has 0 aliphatic carbocycles. The summed E-state index contributed by atoms with van der Waals surface area (Å²) in [7, 11) is 3.94. The highest BCUT2D eigenvalue weighted by molar-refractivity contribution is 5.47. The molecule has 0 atom stereocenters. The summed E-state index contributed by atoms with van der Waals surface area (Å²) in [5.41, 5.74) is 2.16. The molecule has 0 N–H and O–H groups in total. The van der Waals surface area contributed by atoms with Gasteiger partial charge >= 0.3 is 5.69 Å². The number of anilines is 1. The standard InChI is InChI=1S/C12H14N4O2/c1-14(2)11-5-3-4-10(6-11)8-15-9-12(7-13-15)16(17)18/h3-7,9H,8H2,1-2H3. The van der Waals surface area contributed by atoms with Crippen molar-refractivity contribution in [2.24, 2.45) is 0 Å². The molecule has 6 nitrogen and oxygen atoms in total. The van der Waals surface area contributed by atoms with Gasteiger partial charge in [-0.2, -0.15) is 5.10 Å². The van der Waals surface area contributed by atoms with Gasteiger partial charge in [0.05, 0.1) is 11.5 Å². The van der Waals surface area contributed by atoms with Gasteiger partial charge in [-0.1, -0.05) is 12.1 Å². The van der Waals surface area contributed by atoms with Crippen LogP contribution in [0.5, 0.6) is 0 Å². The molecular weight excluding hydrogens is 232 g/mol. The molecule has 0 unspecified atom stereocenters. The van der Waals surface area contributed by atoms with Gasteiger partial charge in [-0.3, -0.25) is 14.8 Å². The van der Waals surface area contributed by atoms with E-state index in [1.807, 2.05) is 43.3 Å². The second-order valence-electron chi connectivity index (χ2n) is 4.22. The van der Waals surface area contributed by atoms with Crippen molar-refractivity contribution in [3.8, 4) is 0 Å². The highest BCUT2D eigenvalue weighted by atomic mass is 16.6. The van der Waals surface area contributed by atoms with Crippen molar-refractivity contribution in [1.82, 2.24) is 9.78 Å². The zero-order valence-corrected chi connectivity index (χ0v) is 10.3. The number of nitrogens with zero attached hydrogens (tertiary/aromatic N) is 4. The Kier molecular flexibility index (Phi) is 3.27. The van der Waals surface area contributed by atoms with E-state index in [2.05, 4.69) is 5.10 Å². The predicted molar refractivity (Wildman–Crippen MR) is 68.8 cm³/mol. The highest BCUT2D eigenvalue weighted by Crippen LogP contribution is 2.15. The van der Waals surface area contributed by atoms with Gasteiger partial charge in [-0.25, -0.2) is 0 Å². The monoisotopic (exact) mass is 246 g/mol. The van der Waals surface area contributed by atoms with Gasteiger partial charge < -0.3 is 4.90 Å². The molecule has 94 valence electrons. The van der Waals surface area contributed by atoms with E-state index in [0.29, 0.717) is 6.54 Å². The predicted octanol–water partition coefficient (Wildman–Crippen LogP) is 1.91. The molecule has 2 aromatic rings. The second kappa shape index (κ2) is 4.87. The van der Waals surface area contributed by atoms with E-state index < -0.39 is 4.92 Å². The molecular formula is C12H14N4O2. The van der Waals surface area contributed by atoms with E-state index in [1.54, 1.807) is 4.68 Å². The number of aromatic nitrogens is 2. The molecule has 18 heavy (non-hydrogen) atoms. The van der Waals surface area contributed by atoms with Crippen molar-refractivity contribution >= 4 is 11.4 Å². The quantitative estimate of drug-likeness (QED) is 0.610. The number of hydrogen-bond donors (Lipinski definition) is 0. The summed E-state index contributed by atoms with van der Waals surface area (Å²) >= 11 is 0. The second-order valence-corrected chi connectivity index (χ2v) is 4.22. The van der Waals surface area contributed by atoms with Crippen LogP contribution in [0.1, 0.15) is 5.56 Å². The number of rotatable bonds is 4. The molecule has 6 heteroatoms. The first-order valence-corrected chi connectivity index (χ1v) is 5.49. The molecule has 0 bridgehead atoms. The first-order valence-electron chi connectivity index (χ1n) is 5.49. The van der Waals surface area contributed by atoms with E-state index in [-0.39, 0.29) is 5.69 Å². The first kappa shape index (κ1) is 12.1. The lowest BCUT2D eigenvalue weighted by Gasteiger charge is -2.13. The smallest absolute Gasteiger partial charge is 0.307 e. The number of hydrogen-bond acceptors (Lipinski definition) is 4. The fourth-order valence-electron chi connectivity index (χ4n) is 1.65. The minimum absolute atomic E-state index is 0.0127. The Morgan fingerprint density at radius 2 is 2.22 bits per heavy atom. The number of benzene rings is 1. The molecule has 1 heterocycles. The van der Waals surface area contributed by atoms with Crippen LogP contribution in [0, 0.1) is 10.1 Å². The molecule has 0 saturated carbocycles. The Bertz CT molecular complexity index is 563. The molecule has 0 saturated heterocycles. The third-order valence-corrected chi connectivity index (χ3v) is 2.60. The van der Waals surface area contributed by atoms with E-state index in [1.165, 1.54) is 12.4 Å². The summed E-state index contributed by atoms with van der Waals surface area (Å²) in [6, 6.07) is 7.98. The normalized spacial score (nSPS) is 10.3. The van der Waals surface area contributed by atoms with Crippen molar-refractivity contribution < 1.29 is 4.92 Å². The average Bonchev–Trinajstić information content (AvgIpc) is 2.78. The minimum Gasteiger partial charge on any atom is -0.378 e. The Hall–Kier alpha value is -2.37. The van der Waals surface area contributed by atoms with E-state index in [0.717, 1.165) is 11.3 Å². The van der Waals surface area contributed by atoms with Gasteiger partial charge in [0.25, 0.3) is 0 Å². The van der Waals surface area contributed by atoms with Crippen LogP contribution in [0.15, 0.2) is 36.7 Å². The average molecular weight is 246 g/mol. The summed E-state index contributed by atoms with van der Waals surface area (Å²) in [6.07, 6.45) is 2.69. The number of nitro groups is 1. The van der Waals surface area contributed by atoms with Gasteiger partial charge in [0.1, 0.15) is 12.4 Å². The largest absolute Gasteiger partial charge is 0.378 e. The first-order chi connectivity index (χ1) is 8.56. The summed E-state index contributed by atoms with van der Waals surface area (Å²) in [5, 5.41) is 14.5. The topological polar surface area (TPSA) is 64.2 Å². The van der Waals surface area contributed by atoms with Crippen LogP contribution in [-0.2, 0) is 6.54 Å². The fraction of sp³-hybridized carbons (Fsp3) is 0.250. The van der Waals surface area contributed by atoms with E-state index in [9.17, 15) is 10.1 Å². The van der Waals surface area contributed by atoms with Crippen LogP contribution in [0.3, 0.4) is 0 Å². The summed E-state index contributed by atoms with van der Waals surface area (Å²) in [6.45, 7) is 0.523. The van der Waals surface area contributed by atoms with Crippen molar-refractivity contribution in [2.75, 3.05) is 19.0 Å². The van der Waals surface area contributed by atoms with Crippen molar-refractivity contribution in [3.63, 3.8) is 0 Å². The Balaban J connectivity index is 2.17. The minimum atomic E-state index is -0.445. The fourth-order valence-corrected chi connectivity index (χ4v) is 1.65. The summed E-state index contributed by atoms with van der Waals surface area (Å²) in [4.78, 5) is 12.1. The van der Waals surface area contributed by atoms with Crippen molar-refractivity contribution in [2.45, 2.75) is 6.54 Å². The van der Waals surface area contributed by atoms with Crippen LogP contribution in [-0.4, -0.2) is 28.8 Å². The molecule has 0 fully saturated rings. The molecule has 0 spiro atoms. The van der Waals surface area contributed by atoms with Gasteiger partial charge in [0, 0.05) is 19.8 Å². The lowest BCUT2D eigenvalue weighted by atomic mass is 10.2. The Labute approximate surface area is 105 Å². The van der Waals surface area contributed by atoms with Gasteiger partial charge in [0.15, 0.2) is 0 Å². The summed E-state index contributed by atoms with van der Waals surface area (Å²) in [5.74, 6) is 0. The molecule has 0 amide bonds. The van der Waals surface area contributed by atoms with Gasteiger partial charge in [-0.15, -0.1) is 0 Å². The summed E-state index contributed by atoms with van der Waals surface area (Å²) < 4.78 is 1.56. The van der Waals surface area contributed by atoms with Crippen LogP contribution in [0.25, 0.3) is 0 Å². The lowest BCUT2D eigenvalue weighted by molar-refractivity contribution is -0.385. The molecule has 1 aromatic heterocycles. The van der Waals surface area contributed by atoms with Crippen LogP contribution < -0.4 is 4.90 Å². The third kappa shape index (κ3) is 2.65. The van der Waals surface area contributed by atoms with Crippen molar-refractivity contribution in [1.29, 1.82) is 0 Å². The molecule has 0 aliphatic heterocycles. The van der Waals surface area contributed by atoms with E-state index >= 15 is 0 Å². The van der Waals surface area contributed by atoms with Crippen LogP contribution in [0.4, 0.5) is 11.4 Å². The van der Waals surface area contributed by atoms with E-state index in [4.69, 9.17) is 0 Å². The molecule has 0 aliphatic rings. The SMILES string of the molecule is CN(C)c1cccc(Cn2cc([N+](=O)[O-])cn2)c1. The highest BCUT2D eigenvalue weighted by Gasteiger charge is 2.09. The maximum Gasteiger partial charge on any atom is 0.307 e. The molecule has 2 rings (SSSR count). The zero-order chi connectivity index (χ0) is 13.1. The van der Waals surface area contributed by atoms with Gasteiger partial charge in [0.2, 0.25) is 0 Å². The third-order valence-electron chi connectivity index (χ3n) is 2.60. The maximum atomic E-state index is 10.6. The van der Waals surface area contributed by atoms with Crippen LogP contribution in [0.2, 0.25) is 0 Å². The zero-order valence-electron chi connectivity index (χ0n) is 10.3. The lowest BCUT2D eigenvalue weighted by Crippen LogP contribution is -2.09. The van der Waals surface area contributed by atoms with Crippen LogP contribution >= 0.6 is 0 Å². The maximum absolute atomic E-state index is 10.6. The molecule has 0 radical (unpaired) electrons. The van der Waals surface area contributed by atoms with Crippen molar-refractivity contribution in [3.05, 3.63) is 52.3 Å². The van der Waals surface area contributed by atoms with Gasteiger partial charge in [-0.05, 0) is 17.7 Å².